The number of methoxy groups -OCH3 is 1. The molecule has 0 radical (unpaired) electrons. The largest absolute Gasteiger partial charge is 0.381 e. The van der Waals surface area contributed by atoms with Crippen molar-refractivity contribution in [1.82, 2.24) is 40.5 Å². The van der Waals surface area contributed by atoms with Gasteiger partial charge in [-0.15, -0.1) is 0 Å². The second kappa shape index (κ2) is 22.5. The van der Waals surface area contributed by atoms with Crippen LogP contribution in [-0.2, 0) is 28.4 Å². The second-order valence-corrected chi connectivity index (χ2v) is 20.7. The maximum atomic E-state index is 13.5. The van der Waals surface area contributed by atoms with Crippen LogP contribution >= 0.6 is 0 Å². The molecule has 3 saturated heterocycles. The van der Waals surface area contributed by atoms with Gasteiger partial charge < -0.3 is 58.7 Å². The van der Waals surface area contributed by atoms with Crippen LogP contribution in [0.2, 0.25) is 0 Å². The molecule has 5 fully saturated rings. The highest BCUT2D eigenvalue weighted by atomic mass is 16.5. The van der Waals surface area contributed by atoms with Crippen LogP contribution in [0.4, 0.5) is 23.5 Å². The second-order valence-electron chi connectivity index (χ2n) is 20.7. The number of ether oxygens (including phenoxy) is 6. The Labute approximate surface area is 442 Å². The molecule has 0 bridgehead atoms. The van der Waals surface area contributed by atoms with Crippen LogP contribution in [-0.4, -0.2) is 184 Å². The molecule has 3 aliphatic heterocycles. The average Bonchev–Trinajstić information content (AvgIpc) is 3.48. The molecule has 2 saturated carbocycles. The summed E-state index contributed by atoms with van der Waals surface area (Å²) in [5.74, 6) is 2.51. The number of hydrogen-bond donors (Lipinski definition) is 2. The van der Waals surface area contributed by atoms with Crippen LogP contribution in [0.3, 0.4) is 0 Å². The van der Waals surface area contributed by atoms with Gasteiger partial charge in [-0.1, -0.05) is 24.3 Å². The van der Waals surface area contributed by atoms with Gasteiger partial charge in [0.15, 0.2) is 11.3 Å². The number of rotatable bonds is 17. The topological polar surface area (TPSA) is 204 Å². The van der Waals surface area contributed by atoms with Crippen LogP contribution in [0.15, 0.2) is 72.8 Å². The minimum Gasteiger partial charge on any atom is -0.381 e. The van der Waals surface area contributed by atoms with Crippen LogP contribution in [0.1, 0.15) is 60.2 Å². The molecule has 2 amide bonds. The lowest BCUT2D eigenvalue weighted by Crippen LogP contribution is -2.61. The van der Waals surface area contributed by atoms with E-state index in [2.05, 4.69) is 39.2 Å². The molecule has 6 aromatic rings. The summed E-state index contributed by atoms with van der Waals surface area (Å²) in [5.41, 5.74) is 5.08. The molecule has 1 spiro atoms. The Morgan fingerprint density at radius 3 is 1.93 bits per heavy atom. The van der Waals surface area contributed by atoms with Gasteiger partial charge in [-0.2, -0.15) is 19.9 Å². The molecule has 4 aromatic heterocycles. The molecule has 76 heavy (non-hydrogen) atoms. The number of pyridine rings is 2. The maximum Gasteiger partial charge on any atom is 0.251 e. The Kier molecular flexibility index (Phi) is 15.2. The first-order valence-corrected chi connectivity index (χ1v) is 26.7. The zero-order valence-corrected chi connectivity index (χ0v) is 44.1. The minimum absolute atomic E-state index is 0.0584. The van der Waals surface area contributed by atoms with Crippen molar-refractivity contribution in [3.05, 3.63) is 83.9 Å². The molecule has 7 heterocycles. The Morgan fingerprint density at radius 2 is 1.32 bits per heavy atom. The molecule has 2 aliphatic carbocycles. The van der Waals surface area contributed by atoms with E-state index in [0.717, 1.165) is 71.5 Å². The quantitative estimate of drug-likeness (QED) is 0.111. The van der Waals surface area contributed by atoms with Crippen molar-refractivity contribution in [2.45, 2.75) is 75.5 Å². The number of amides is 2. The Balaban J connectivity index is 0.677. The monoisotopic (exact) mass is 1040 g/mol. The first kappa shape index (κ1) is 51.4. The first-order chi connectivity index (χ1) is 37.0. The van der Waals surface area contributed by atoms with Gasteiger partial charge in [0.25, 0.3) is 11.8 Å². The number of benzene rings is 2. The normalized spacial score (nSPS) is 23.6. The van der Waals surface area contributed by atoms with E-state index in [1.54, 1.807) is 20.2 Å². The Bertz CT molecular complexity index is 3060. The molecular formula is C56H68N12O8. The van der Waals surface area contributed by atoms with E-state index in [0.29, 0.717) is 119 Å². The summed E-state index contributed by atoms with van der Waals surface area (Å²) in [6, 6.07) is 23.2. The highest BCUT2D eigenvalue weighted by Gasteiger charge is 2.49. The summed E-state index contributed by atoms with van der Waals surface area (Å²) < 4.78 is 35.9. The zero-order valence-electron chi connectivity index (χ0n) is 44.1. The lowest BCUT2D eigenvalue weighted by molar-refractivity contribution is -0.168. The lowest BCUT2D eigenvalue weighted by atomic mass is 9.76. The van der Waals surface area contributed by atoms with Gasteiger partial charge in [0.2, 0.25) is 11.9 Å². The molecule has 5 aliphatic rings. The van der Waals surface area contributed by atoms with Crippen molar-refractivity contribution in [3.63, 3.8) is 0 Å². The number of morpholine rings is 3. The van der Waals surface area contributed by atoms with Crippen molar-refractivity contribution >= 4 is 57.4 Å². The number of nitrogens with zero attached hydrogens (tertiary/aromatic N) is 10. The molecular weight excluding hydrogens is 969 g/mol. The zero-order chi connectivity index (χ0) is 52.3. The van der Waals surface area contributed by atoms with Crippen molar-refractivity contribution < 1.29 is 38.0 Å². The fraction of sp³-hybridized carbons (Fsp3) is 0.500. The molecule has 2 atom stereocenters. The maximum absolute atomic E-state index is 13.5. The van der Waals surface area contributed by atoms with E-state index in [9.17, 15) is 9.59 Å². The van der Waals surface area contributed by atoms with Crippen LogP contribution in [0, 0.1) is 0 Å². The molecule has 2 N–H and O–H groups in total. The molecule has 2 aromatic carbocycles. The Morgan fingerprint density at radius 1 is 0.711 bits per heavy atom. The number of carbonyl (C=O) groups excluding carboxylic acids is 2. The average molecular weight is 1040 g/mol. The molecule has 0 unspecified atom stereocenters. The minimum atomic E-state index is -0.258. The SMILES string of the molecule is CNC(=O)c1cccc(-c2ccc3c(N4CCOC[C@@H]4C)nc(N(C)CCOC4CC(OCCNC(=O)c5cccc(-c6ccc7c(N8CCOC[C@@H]8C)nc(N8CCOC9(CC(OC)C9)C8)nc7n6)c5)C4)nc3n2)c1. The smallest absolute Gasteiger partial charge is 0.251 e. The fourth-order valence-corrected chi connectivity index (χ4v) is 10.8. The molecule has 20 nitrogen and oxygen atoms in total. The van der Waals surface area contributed by atoms with Gasteiger partial charge in [0.1, 0.15) is 11.6 Å². The summed E-state index contributed by atoms with van der Waals surface area (Å²) in [7, 11) is 5.34. The number of fused-ring (bicyclic) bond motifs is 2. The number of likely N-dealkylation sites (N-methyl/N-ethyl adjacent to an activating group) is 1. The van der Waals surface area contributed by atoms with E-state index >= 15 is 0 Å². The van der Waals surface area contributed by atoms with E-state index < -0.39 is 0 Å². The van der Waals surface area contributed by atoms with Gasteiger partial charge in [-0.3, -0.25) is 9.59 Å². The van der Waals surface area contributed by atoms with Gasteiger partial charge >= 0.3 is 0 Å². The summed E-state index contributed by atoms with van der Waals surface area (Å²) in [6.45, 7) is 11.9. The highest BCUT2D eigenvalue weighted by Crippen LogP contribution is 2.41. The van der Waals surface area contributed by atoms with Crippen molar-refractivity contribution in [2.24, 2.45) is 0 Å². The van der Waals surface area contributed by atoms with Crippen LogP contribution in [0.25, 0.3) is 44.6 Å². The Hall–Kier alpha value is -6.68. The van der Waals surface area contributed by atoms with E-state index in [1.165, 1.54) is 0 Å². The number of carbonyl (C=O) groups is 2. The van der Waals surface area contributed by atoms with Crippen molar-refractivity contribution in [2.75, 3.05) is 126 Å². The van der Waals surface area contributed by atoms with Crippen molar-refractivity contribution in [1.29, 1.82) is 0 Å². The molecule has 11 rings (SSSR count). The summed E-state index contributed by atoms with van der Waals surface area (Å²) in [4.78, 5) is 65.1. The number of nitrogens with one attached hydrogen (secondary N) is 2. The third-order valence-electron chi connectivity index (χ3n) is 15.4. The van der Waals surface area contributed by atoms with E-state index in [-0.39, 0.29) is 47.8 Å². The number of aromatic nitrogens is 6. The fourth-order valence-electron chi connectivity index (χ4n) is 10.8. The molecule has 20 heteroatoms. The summed E-state index contributed by atoms with van der Waals surface area (Å²) in [5, 5.41) is 7.45. The van der Waals surface area contributed by atoms with Gasteiger partial charge in [0.05, 0.1) is 111 Å². The van der Waals surface area contributed by atoms with Crippen LogP contribution < -0.4 is 30.2 Å². The van der Waals surface area contributed by atoms with Crippen LogP contribution in [0.5, 0.6) is 0 Å². The first-order valence-electron chi connectivity index (χ1n) is 26.7. The predicted molar refractivity (Wildman–Crippen MR) is 289 cm³/mol. The van der Waals surface area contributed by atoms with E-state index in [4.69, 9.17) is 58.3 Å². The highest BCUT2D eigenvalue weighted by molar-refractivity contribution is 5.97. The van der Waals surface area contributed by atoms with Gasteiger partial charge in [-0.25, -0.2) is 9.97 Å². The number of hydrogen-bond acceptors (Lipinski definition) is 18. The van der Waals surface area contributed by atoms with E-state index in [1.807, 2.05) is 78.7 Å². The standard InChI is InChI=1S/C56H68N12O8/c1-35-32-72-22-19-67(35)50-44-12-14-46(37-8-6-10-39(26-37)52(69)57-3)59-48(44)61-54(63-50)65(4)17-24-75-42-28-41(29-42)74-21-16-58-53(70)40-11-7-9-38(27-40)47-15-13-45-49(60-47)62-55(64-51(45)68-20-23-73-33-36(68)2)66-18-25-76-56(34-66)30-43(31-56)71-5/h6-15,26-27,35-36,41-43H,16-25,28-34H2,1-5H3,(H,57,69)(H,58,70)/t35-,36-,41?,42?,43?,56?/m0/s1. The van der Waals surface area contributed by atoms with Gasteiger partial charge in [-0.05, 0) is 75.2 Å². The third-order valence-corrected chi connectivity index (χ3v) is 15.4. The lowest BCUT2D eigenvalue weighted by Gasteiger charge is -2.51. The third kappa shape index (κ3) is 11.0. The predicted octanol–water partition coefficient (Wildman–Crippen LogP) is 5.32. The van der Waals surface area contributed by atoms with Gasteiger partial charge in [0, 0.05) is 89.0 Å². The summed E-state index contributed by atoms with van der Waals surface area (Å²) >= 11 is 0. The molecule has 400 valence electrons. The van der Waals surface area contributed by atoms with Crippen molar-refractivity contribution in [3.8, 4) is 22.5 Å². The number of anilines is 4. The summed E-state index contributed by atoms with van der Waals surface area (Å²) in [6.07, 6.45) is 3.59.